The van der Waals surface area contributed by atoms with E-state index in [0.29, 0.717) is 17.9 Å². The fourth-order valence-electron chi connectivity index (χ4n) is 4.05. The molecule has 1 amide bonds. The number of amides is 1. The minimum Gasteiger partial charge on any atom is -0.497 e. The second-order valence-electron chi connectivity index (χ2n) is 7.63. The van der Waals surface area contributed by atoms with Crippen LogP contribution in [0, 0.1) is 0 Å². The van der Waals surface area contributed by atoms with Gasteiger partial charge in [-0.25, -0.2) is 9.97 Å². The monoisotopic (exact) mass is 436 g/mol. The minimum atomic E-state index is -0.112. The highest BCUT2D eigenvalue weighted by Gasteiger charge is 2.32. The molecule has 3 aromatic rings. The Labute approximate surface area is 187 Å². The van der Waals surface area contributed by atoms with Gasteiger partial charge in [-0.1, -0.05) is 35.9 Å². The molecule has 1 aliphatic rings. The predicted molar refractivity (Wildman–Crippen MR) is 122 cm³/mol. The van der Waals surface area contributed by atoms with Crippen molar-refractivity contribution in [2.45, 2.75) is 31.7 Å². The summed E-state index contributed by atoms with van der Waals surface area (Å²) in [5.41, 5.74) is 9.66. The molecule has 0 aliphatic carbocycles. The number of halogens is 1. The van der Waals surface area contributed by atoms with Gasteiger partial charge in [0.25, 0.3) is 0 Å². The predicted octanol–water partition coefficient (Wildman–Crippen LogP) is 4.68. The van der Waals surface area contributed by atoms with Crippen molar-refractivity contribution in [3.05, 3.63) is 71.0 Å². The molecule has 1 aromatic heterocycles. The Balaban J connectivity index is 1.54. The molecule has 2 aromatic carbocycles. The van der Waals surface area contributed by atoms with Crippen molar-refractivity contribution in [2.24, 2.45) is 0 Å². The maximum absolute atomic E-state index is 13.1. The van der Waals surface area contributed by atoms with Crippen LogP contribution in [-0.4, -0.2) is 34.4 Å². The molecule has 160 valence electrons. The van der Waals surface area contributed by atoms with Crippen molar-refractivity contribution in [1.82, 2.24) is 14.9 Å². The largest absolute Gasteiger partial charge is 0.497 e. The molecule has 2 heterocycles. The molecule has 1 saturated heterocycles. The van der Waals surface area contributed by atoms with Crippen LogP contribution in [0.5, 0.6) is 5.75 Å². The SMILES string of the molecule is COc1ccc(CCC(=O)N2CCC[C@@H]2c2nc(N)ncc2-c2ccc(Cl)cc2)cc1. The number of hydrogen-bond acceptors (Lipinski definition) is 5. The quantitative estimate of drug-likeness (QED) is 0.606. The summed E-state index contributed by atoms with van der Waals surface area (Å²) in [6, 6.07) is 15.3. The van der Waals surface area contributed by atoms with Crippen molar-refractivity contribution >= 4 is 23.5 Å². The van der Waals surface area contributed by atoms with Gasteiger partial charge < -0.3 is 15.4 Å². The Morgan fingerprint density at radius 1 is 1.19 bits per heavy atom. The first-order chi connectivity index (χ1) is 15.0. The van der Waals surface area contributed by atoms with Gasteiger partial charge in [-0.15, -0.1) is 0 Å². The van der Waals surface area contributed by atoms with Gasteiger partial charge in [0, 0.05) is 29.7 Å². The fraction of sp³-hybridized carbons (Fsp3) is 0.292. The van der Waals surface area contributed by atoms with Crippen LogP contribution >= 0.6 is 11.6 Å². The summed E-state index contributed by atoms with van der Waals surface area (Å²) in [6.45, 7) is 0.718. The third-order valence-electron chi connectivity index (χ3n) is 5.67. The van der Waals surface area contributed by atoms with E-state index in [0.717, 1.165) is 47.5 Å². The highest BCUT2D eigenvalue weighted by molar-refractivity contribution is 6.30. The molecule has 1 atom stereocenters. The highest BCUT2D eigenvalue weighted by Crippen LogP contribution is 2.37. The molecule has 0 unspecified atom stereocenters. The Morgan fingerprint density at radius 2 is 1.94 bits per heavy atom. The van der Waals surface area contributed by atoms with Gasteiger partial charge in [-0.05, 0) is 54.7 Å². The number of aromatic nitrogens is 2. The smallest absolute Gasteiger partial charge is 0.223 e. The lowest BCUT2D eigenvalue weighted by Crippen LogP contribution is -2.31. The molecular formula is C24H25ClN4O2. The molecule has 0 bridgehead atoms. The van der Waals surface area contributed by atoms with E-state index in [1.165, 1.54) is 0 Å². The third-order valence-corrected chi connectivity index (χ3v) is 5.92. The summed E-state index contributed by atoms with van der Waals surface area (Å²) >= 11 is 6.05. The summed E-state index contributed by atoms with van der Waals surface area (Å²) in [7, 11) is 1.64. The third kappa shape index (κ3) is 4.80. The number of hydrogen-bond donors (Lipinski definition) is 1. The molecule has 4 rings (SSSR count). The van der Waals surface area contributed by atoms with E-state index in [1.54, 1.807) is 13.3 Å². The van der Waals surface area contributed by atoms with Crippen molar-refractivity contribution in [3.8, 4) is 16.9 Å². The number of carbonyl (C=O) groups excluding carboxylic acids is 1. The van der Waals surface area contributed by atoms with Gasteiger partial charge in [0.05, 0.1) is 18.8 Å². The molecule has 6 nitrogen and oxygen atoms in total. The van der Waals surface area contributed by atoms with Crippen LogP contribution in [0.2, 0.25) is 5.02 Å². The fourth-order valence-corrected chi connectivity index (χ4v) is 4.18. The standard InChI is InChI=1S/C24H25ClN4O2/c1-31-19-11-4-16(5-12-19)6-13-22(30)29-14-2-3-21(29)23-20(15-27-24(26)28-23)17-7-9-18(25)10-8-17/h4-5,7-12,15,21H,2-3,6,13-14H2,1H3,(H2,26,27,28)/t21-/m1/s1. The molecular weight excluding hydrogens is 412 g/mol. The zero-order valence-corrected chi connectivity index (χ0v) is 18.2. The van der Waals surface area contributed by atoms with E-state index in [4.69, 9.17) is 22.1 Å². The van der Waals surface area contributed by atoms with Gasteiger partial charge >= 0.3 is 0 Å². The average Bonchev–Trinajstić information content (AvgIpc) is 3.28. The topological polar surface area (TPSA) is 81.3 Å². The van der Waals surface area contributed by atoms with E-state index in [-0.39, 0.29) is 17.9 Å². The number of nitrogens with two attached hydrogens (primary N) is 1. The first-order valence-electron chi connectivity index (χ1n) is 10.4. The highest BCUT2D eigenvalue weighted by atomic mass is 35.5. The van der Waals surface area contributed by atoms with Crippen molar-refractivity contribution < 1.29 is 9.53 Å². The van der Waals surface area contributed by atoms with E-state index in [9.17, 15) is 4.79 Å². The number of methoxy groups -OCH3 is 1. The number of anilines is 1. The Morgan fingerprint density at radius 3 is 2.65 bits per heavy atom. The van der Waals surface area contributed by atoms with E-state index in [2.05, 4.69) is 9.97 Å². The zero-order chi connectivity index (χ0) is 21.8. The summed E-state index contributed by atoms with van der Waals surface area (Å²) in [4.78, 5) is 23.8. The summed E-state index contributed by atoms with van der Waals surface area (Å²) in [5.74, 6) is 1.15. The maximum atomic E-state index is 13.1. The number of nitrogens with zero attached hydrogens (tertiary/aromatic N) is 3. The number of carbonyl (C=O) groups is 1. The number of benzene rings is 2. The van der Waals surface area contributed by atoms with Crippen molar-refractivity contribution in [2.75, 3.05) is 19.4 Å². The van der Waals surface area contributed by atoms with Crippen LogP contribution in [-0.2, 0) is 11.2 Å². The van der Waals surface area contributed by atoms with Gasteiger partial charge in [0.1, 0.15) is 5.75 Å². The van der Waals surface area contributed by atoms with Crippen LogP contribution in [0.4, 0.5) is 5.95 Å². The lowest BCUT2D eigenvalue weighted by atomic mass is 9.99. The molecule has 1 aliphatic heterocycles. The number of ether oxygens (including phenoxy) is 1. The number of likely N-dealkylation sites (tertiary alicyclic amines) is 1. The molecule has 0 saturated carbocycles. The van der Waals surface area contributed by atoms with Crippen LogP contribution in [0.15, 0.2) is 54.7 Å². The lowest BCUT2D eigenvalue weighted by molar-refractivity contribution is -0.132. The summed E-state index contributed by atoms with van der Waals surface area (Å²) in [6.07, 6.45) is 4.65. The number of aryl methyl sites for hydroxylation is 1. The van der Waals surface area contributed by atoms with Gasteiger partial charge in [-0.3, -0.25) is 4.79 Å². The molecule has 0 radical (unpaired) electrons. The Hall–Kier alpha value is -3.12. The minimum absolute atomic E-state index is 0.112. The second-order valence-corrected chi connectivity index (χ2v) is 8.06. The summed E-state index contributed by atoms with van der Waals surface area (Å²) < 4.78 is 5.20. The van der Waals surface area contributed by atoms with Crippen LogP contribution in [0.25, 0.3) is 11.1 Å². The van der Waals surface area contributed by atoms with Crippen LogP contribution in [0.3, 0.4) is 0 Å². The maximum Gasteiger partial charge on any atom is 0.223 e. The number of rotatable bonds is 6. The molecule has 2 N–H and O–H groups in total. The van der Waals surface area contributed by atoms with Gasteiger partial charge in [-0.2, -0.15) is 0 Å². The second kappa shape index (κ2) is 9.35. The molecule has 31 heavy (non-hydrogen) atoms. The summed E-state index contributed by atoms with van der Waals surface area (Å²) in [5, 5.41) is 0.665. The Bertz CT molecular complexity index is 1050. The Kier molecular flexibility index (Phi) is 6.37. The van der Waals surface area contributed by atoms with Crippen LogP contribution in [0.1, 0.15) is 36.6 Å². The molecule has 0 spiro atoms. The lowest BCUT2D eigenvalue weighted by Gasteiger charge is -2.26. The van der Waals surface area contributed by atoms with Gasteiger partial charge in [0.2, 0.25) is 11.9 Å². The van der Waals surface area contributed by atoms with Gasteiger partial charge in [0.15, 0.2) is 0 Å². The van der Waals surface area contributed by atoms with Crippen molar-refractivity contribution in [1.29, 1.82) is 0 Å². The first kappa shape index (κ1) is 21.1. The van der Waals surface area contributed by atoms with Crippen LogP contribution < -0.4 is 10.5 Å². The van der Waals surface area contributed by atoms with E-state index >= 15 is 0 Å². The first-order valence-corrected chi connectivity index (χ1v) is 10.7. The van der Waals surface area contributed by atoms with E-state index < -0.39 is 0 Å². The average molecular weight is 437 g/mol. The molecule has 1 fully saturated rings. The van der Waals surface area contributed by atoms with E-state index in [1.807, 2.05) is 53.4 Å². The normalized spacial score (nSPS) is 15.8. The number of nitrogen functional groups attached to an aromatic ring is 1. The zero-order valence-electron chi connectivity index (χ0n) is 17.4. The molecule has 7 heteroatoms. The van der Waals surface area contributed by atoms with Crippen molar-refractivity contribution in [3.63, 3.8) is 0 Å².